The van der Waals surface area contributed by atoms with Crippen LogP contribution in [-0.2, 0) is 14.4 Å². The van der Waals surface area contributed by atoms with E-state index in [1.807, 2.05) is 0 Å². The predicted octanol–water partition coefficient (Wildman–Crippen LogP) is 1.11. The van der Waals surface area contributed by atoms with E-state index < -0.39 is 0 Å². The number of nitrogens with one attached hydrogen (secondary N) is 2. The van der Waals surface area contributed by atoms with Gasteiger partial charge in [-0.15, -0.1) is 11.8 Å². The first-order chi connectivity index (χ1) is 9.02. The molecule has 0 saturated heterocycles. The third-order valence-corrected chi connectivity index (χ3v) is 3.19. The maximum absolute atomic E-state index is 11.8. The number of nitrogens with zero attached hydrogens (tertiary/aromatic N) is 1. The number of anilines is 1. The minimum absolute atomic E-state index is 0.145. The highest BCUT2D eigenvalue weighted by Gasteiger charge is 2.16. The van der Waals surface area contributed by atoms with Gasteiger partial charge in [-0.05, 0) is 20.8 Å². The summed E-state index contributed by atoms with van der Waals surface area (Å²) in [4.78, 5) is 27.8. The van der Waals surface area contributed by atoms with Crippen molar-refractivity contribution < 1.29 is 18.9 Å². The molecular weight excluding hydrogens is 270 g/mol. The Bertz CT molecular complexity index is 435. The van der Waals surface area contributed by atoms with Gasteiger partial charge in [0.05, 0.1) is 17.6 Å². The maximum atomic E-state index is 11.8. The van der Waals surface area contributed by atoms with E-state index in [1.165, 1.54) is 11.8 Å². The van der Waals surface area contributed by atoms with Gasteiger partial charge in [0.15, 0.2) is 5.82 Å². The Labute approximate surface area is 115 Å². The van der Waals surface area contributed by atoms with Crippen molar-refractivity contribution in [3.8, 4) is 0 Å². The fourth-order valence-corrected chi connectivity index (χ4v) is 1.78. The zero-order valence-corrected chi connectivity index (χ0v) is 11.9. The molecule has 2 N–H and O–H groups in total. The summed E-state index contributed by atoms with van der Waals surface area (Å²) in [5.41, 5.74) is 2.26. The van der Waals surface area contributed by atoms with Crippen molar-refractivity contribution in [3.63, 3.8) is 0 Å². The molecule has 0 radical (unpaired) electrons. The normalized spacial score (nSPS) is 11.9. The van der Waals surface area contributed by atoms with Crippen LogP contribution in [0, 0.1) is 6.92 Å². The molecule has 0 aliphatic carbocycles. The van der Waals surface area contributed by atoms with Crippen LogP contribution < -0.4 is 10.8 Å². The second kappa shape index (κ2) is 7.80. The average molecular weight is 287 g/mol. The molecule has 0 saturated carbocycles. The van der Waals surface area contributed by atoms with Crippen LogP contribution in [0.25, 0.3) is 0 Å². The van der Waals surface area contributed by atoms with Crippen LogP contribution in [0.4, 0.5) is 5.82 Å². The highest BCUT2D eigenvalue weighted by atomic mass is 32.2. The zero-order chi connectivity index (χ0) is 14.3. The Morgan fingerprint density at radius 1 is 1.58 bits per heavy atom. The van der Waals surface area contributed by atoms with Gasteiger partial charge in [-0.2, -0.15) is 0 Å². The summed E-state index contributed by atoms with van der Waals surface area (Å²) in [7, 11) is 0. The SMILES string of the molecule is CCONC(=O)CSC(C)C(=O)Nc1cc(C)on1. The van der Waals surface area contributed by atoms with E-state index in [1.54, 1.807) is 26.8 Å². The Hall–Kier alpha value is -1.54. The molecule has 0 spiro atoms. The minimum atomic E-state index is -0.385. The van der Waals surface area contributed by atoms with E-state index in [-0.39, 0.29) is 22.8 Å². The van der Waals surface area contributed by atoms with Crippen LogP contribution in [0.3, 0.4) is 0 Å². The fourth-order valence-electron chi connectivity index (χ4n) is 1.11. The van der Waals surface area contributed by atoms with Gasteiger partial charge in [0, 0.05) is 6.07 Å². The molecule has 0 aliphatic heterocycles. The Kier molecular flexibility index (Phi) is 6.37. The molecule has 1 rings (SSSR count). The molecule has 1 aromatic rings. The van der Waals surface area contributed by atoms with E-state index in [0.29, 0.717) is 18.2 Å². The third kappa shape index (κ3) is 5.75. The number of aryl methyl sites for hydroxylation is 1. The van der Waals surface area contributed by atoms with Gasteiger partial charge in [0.2, 0.25) is 5.91 Å². The molecule has 0 aromatic carbocycles. The second-order valence-corrected chi connectivity index (χ2v) is 5.05. The average Bonchev–Trinajstić information content (AvgIpc) is 2.78. The van der Waals surface area contributed by atoms with Crippen LogP contribution in [0.5, 0.6) is 0 Å². The van der Waals surface area contributed by atoms with Crippen molar-refractivity contribution in [1.82, 2.24) is 10.6 Å². The number of thioether (sulfide) groups is 1. The molecule has 106 valence electrons. The first-order valence-corrected chi connectivity index (χ1v) is 6.84. The fraction of sp³-hybridized carbons (Fsp3) is 0.545. The van der Waals surface area contributed by atoms with Crippen LogP contribution >= 0.6 is 11.8 Å². The van der Waals surface area contributed by atoms with Gasteiger partial charge < -0.3 is 9.84 Å². The van der Waals surface area contributed by atoms with Crippen LogP contribution in [0.2, 0.25) is 0 Å². The van der Waals surface area contributed by atoms with Crippen molar-refractivity contribution in [3.05, 3.63) is 11.8 Å². The van der Waals surface area contributed by atoms with Crippen LogP contribution in [0.15, 0.2) is 10.6 Å². The zero-order valence-electron chi connectivity index (χ0n) is 11.1. The van der Waals surface area contributed by atoms with Gasteiger partial charge in [-0.25, -0.2) is 5.48 Å². The number of aromatic nitrogens is 1. The van der Waals surface area contributed by atoms with Gasteiger partial charge in [-0.1, -0.05) is 5.16 Å². The van der Waals surface area contributed by atoms with E-state index in [2.05, 4.69) is 16.0 Å². The molecule has 19 heavy (non-hydrogen) atoms. The van der Waals surface area contributed by atoms with Crippen molar-refractivity contribution in [1.29, 1.82) is 0 Å². The molecule has 2 amide bonds. The monoisotopic (exact) mass is 287 g/mol. The summed E-state index contributed by atoms with van der Waals surface area (Å²) in [5, 5.41) is 5.88. The highest BCUT2D eigenvalue weighted by molar-refractivity contribution is 8.01. The van der Waals surface area contributed by atoms with Gasteiger partial charge in [-0.3, -0.25) is 14.4 Å². The Morgan fingerprint density at radius 2 is 2.32 bits per heavy atom. The number of rotatable bonds is 7. The summed E-state index contributed by atoms with van der Waals surface area (Å²) in [6.45, 7) is 5.61. The molecule has 8 heteroatoms. The number of amides is 2. The van der Waals surface area contributed by atoms with E-state index in [0.717, 1.165) is 0 Å². The molecule has 1 atom stereocenters. The number of hydrogen-bond acceptors (Lipinski definition) is 6. The maximum Gasteiger partial charge on any atom is 0.253 e. The van der Waals surface area contributed by atoms with Gasteiger partial charge in [0.25, 0.3) is 5.91 Å². The number of carbonyl (C=O) groups is 2. The van der Waals surface area contributed by atoms with E-state index in [9.17, 15) is 9.59 Å². The van der Waals surface area contributed by atoms with Gasteiger partial charge >= 0.3 is 0 Å². The lowest BCUT2D eigenvalue weighted by molar-refractivity contribution is -0.130. The van der Waals surface area contributed by atoms with Crippen molar-refractivity contribution in [2.75, 3.05) is 17.7 Å². The summed E-state index contributed by atoms with van der Waals surface area (Å²) in [6.07, 6.45) is 0. The summed E-state index contributed by atoms with van der Waals surface area (Å²) >= 11 is 1.21. The van der Waals surface area contributed by atoms with Crippen molar-refractivity contribution in [2.24, 2.45) is 0 Å². The number of carbonyl (C=O) groups excluding carboxylic acids is 2. The topological polar surface area (TPSA) is 93.5 Å². The minimum Gasteiger partial charge on any atom is -0.360 e. The smallest absolute Gasteiger partial charge is 0.253 e. The summed E-state index contributed by atoms with van der Waals surface area (Å²) in [5.74, 6) is 0.624. The summed E-state index contributed by atoms with van der Waals surface area (Å²) < 4.78 is 4.84. The van der Waals surface area contributed by atoms with E-state index in [4.69, 9.17) is 9.36 Å². The molecular formula is C11H17N3O4S. The Balaban J connectivity index is 2.30. The van der Waals surface area contributed by atoms with E-state index >= 15 is 0 Å². The summed E-state index contributed by atoms with van der Waals surface area (Å²) in [6, 6.07) is 1.62. The second-order valence-electron chi connectivity index (χ2n) is 3.72. The standard InChI is InChI=1S/C11H17N3O4S/c1-4-17-14-10(15)6-19-8(3)11(16)12-9-5-7(2)18-13-9/h5,8H,4,6H2,1-3H3,(H,14,15)(H,12,13,16). The lowest BCUT2D eigenvalue weighted by Crippen LogP contribution is -2.28. The Morgan fingerprint density at radius 3 is 2.89 bits per heavy atom. The molecule has 1 unspecified atom stereocenters. The molecule has 1 aromatic heterocycles. The lowest BCUT2D eigenvalue weighted by atomic mass is 10.4. The first-order valence-electron chi connectivity index (χ1n) is 5.79. The first kappa shape index (κ1) is 15.5. The number of hydroxylamine groups is 1. The van der Waals surface area contributed by atoms with Crippen LogP contribution in [-0.4, -0.2) is 34.6 Å². The lowest BCUT2D eigenvalue weighted by Gasteiger charge is -2.10. The molecule has 0 aliphatic rings. The highest BCUT2D eigenvalue weighted by Crippen LogP contribution is 2.13. The molecule has 7 nitrogen and oxygen atoms in total. The molecule has 0 bridgehead atoms. The molecule has 0 fully saturated rings. The van der Waals surface area contributed by atoms with Crippen molar-refractivity contribution in [2.45, 2.75) is 26.0 Å². The van der Waals surface area contributed by atoms with Gasteiger partial charge in [0.1, 0.15) is 5.76 Å². The molecule has 1 heterocycles. The largest absolute Gasteiger partial charge is 0.360 e. The quantitative estimate of drug-likeness (QED) is 0.730. The number of hydrogen-bond donors (Lipinski definition) is 2. The predicted molar refractivity (Wildman–Crippen MR) is 71.6 cm³/mol. The van der Waals surface area contributed by atoms with Crippen LogP contribution in [0.1, 0.15) is 19.6 Å². The van der Waals surface area contributed by atoms with Crippen molar-refractivity contribution >= 4 is 29.4 Å². The third-order valence-electron chi connectivity index (χ3n) is 2.04.